The van der Waals surface area contributed by atoms with E-state index in [0.717, 1.165) is 5.69 Å². The van der Waals surface area contributed by atoms with Crippen molar-refractivity contribution in [2.75, 3.05) is 19.5 Å². The zero-order valence-electron chi connectivity index (χ0n) is 6.92. The van der Waals surface area contributed by atoms with Crippen molar-refractivity contribution in [3.8, 4) is 0 Å². The van der Waals surface area contributed by atoms with E-state index in [1.807, 2.05) is 19.2 Å². The van der Waals surface area contributed by atoms with Crippen molar-refractivity contribution in [2.24, 2.45) is 0 Å². The maximum Gasteiger partial charge on any atom is 0.0713 e. The first kappa shape index (κ1) is 8.08. The van der Waals surface area contributed by atoms with Gasteiger partial charge in [-0.3, -0.25) is 0 Å². The van der Waals surface area contributed by atoms with Gasteiger partial charge in [0.25, 0.3) is 0 Å². The molecule has 60 valence electrons. The molecule has 1 aromatic rings. The van der Waals surface area contributed by atoms with Gasteiger partial charge < -0.3 is 10.1 Å². The van der Waals surface area contributed by atoms with Gasteiger partial charge in [-0.2, -0.15) is 0 Å². The minimum absolute atomic E-state index is 0.685. The molecule has 0 spiro atoms. The van der Waals surface area contributed by atoms with Crippen LogP contribution in [0.3, 0.4) is 0 Å². The molecule has 1 aromatic carbocycles. The molecule has 0 fully saturated rings. The van der Waals surface area contributed by atoms with Gasteiger partial charge in [0, 0.05) is 19.8 Å². The summed E-state index contributed by atoms with van der Waals surface area (Å²) in [5.41, 5.74) is 2.33. The Morgan fingerprint density at radius 2 is 1.91 bits per heavy atom. The van der Waals surface area contributed by atoms with Crippen molar-refractivity contribution in [2.45, 2.75) is 6.61 Å². The maximum atomic E-state index is 4.98. The Labute approximate surface area is 67.2 Å². The Morgan fingerprint density at radius 3 is 2.36 bits per heavy atom. The van der Waals surface area contributed by atoms with E-state index in [9.17, 15) is 0 Å². The van der Waals surface area contributed by atoms with Crippen LogP contribution in [0.2, 0.25) is 0 Å². The third kappa shape index (κ3) is 2.24. The summed E-state index contributed by atoms with van der Waals surface area (Å²) in [5.74, 6) is 0. The average molecular weight is 151 g/mol. The van der Waals surface area contributed by atoms with Crippen molar-refractivity contribution in [1.82, 2.24) is 0 Å². The van der Waals surface area contributed by atoms with E-state index in [-0.39, 0.29) is 0 Å². The second kappa shape index (κ2) is 3.98. The molecule has 0 atom stereocenters. The van der Waals surface area contributed by atoms with Gasteiger partial charge in [0.15, 0.2) is 0 Å². The summed E-state index contributed by atoms with van der Waals surface area (Å²) < 4.78 is 4.98. The minimum atomic E-state index is 0.685. The van der Waals surface area contributed by atoms with E-state index in [0.29, 0.717) is 6.61 Å². The van der Waals surface area contributed by atoms with Crippen LogP contribution >= 0.6 is 0 Å². The molecule has 0 aromatic heterocycles. The van der Waals surface area contributed by atoms with Crippen LogP contribution in [0.5, 0.6) is 0 Å². The zero-order valence-corrected chi connectivity index (χ0v) is 6.92. The van der Waals surface area contributed by atoms with Gasteiger partial charge in [0.1, 0.15) is 0 Å². The molecule has 2 nitrogen and oxygen atoms in total. The molecule has 0 saturated heterocycles. The second-order valence-electron chi connectivity index (χ2n) is 2.38. The Bertz CT molecular complexity index is 205. The van der Waals surface area contributed by atoms with Crippen LogP contribution in [-0.2, 0) is 11.3 Å². The van der Waals surface area contributed by atoms with E-state index in [1.165, 1.54) is 5.56 Å². The van der Waals surface area contributed by atoms with Gasteiger partial charge in [0.2, 0.25) is 0 Å². The maximum absolute atomic E-state index is 4.98. The Balaban J connectivity index is 2.66. The molecule has 2 heteroatoms. The summed E-state index contributed by atoms with van der Waals surface area (Å²) in [6.45, 7) is 0.685. The monoisotopic (exact) mass is 151 g/mol. The van der Waals surface area contributed by atoms with Gasteiger partial charge in [-0.1, -0.05) is 12.1 Å². The molecule has 1 rings (SSSR count). The van der Waals surface area contributed by atoms with Gasteiger partial charge in [-0.15, -0.1) is 0 Å². The molecule has 11 heavy (non-hydrogen) atoms. The quantitative estimate of drug-likeness (QED) is 0.712. The minimum Gasteiger partial charge on any atom is -0.388 e. The summed E-state index contributed by atoms with van der Waals surface area (Å²) >= 11 is 0. The van der Waals surface area contributed by atoms with Crippen LogP contribution in [-0.4, -0.2) is 14.2 Å². The molecule has 0 aliphatic heterocycles. The van der Waals surface area contributed by atoms with Gasteiger partial charge in [-0.25, -0.2) is 0 Å². The smallest absolute Gasteiger partial charge is 0.0713 e. The molecule has 0 aliphatic carbocycles. The molecule has 0 heterocycles. The van der Waals surface area contributed by atoms with Crippen LogP contribution in [0.25, 0.3) is 0 Å². The molecule has 0 unspecified atom stereocenters. The van der Waals surface area contributed by atoms with Gasteiger partial charge in [-0.05, 0) is 17.7 Å². The van der Waals surface area contributed by atoms with Crippen LogP contribution in [0.1, 0.15) is 5.56 Å². The Hall–Kier alpha value is -1.02. The first-order valence-electron chi connectivity index (χ1n) is 3.62. The lowest BCUT2D eigenvalue weighted by Crippen LogP contribution is -1.90. The largest absolute Gasteiger partial charge is 0.388 e. The summed E-state index contributed by atoms with van der Waals surface area (Å²) in [6.07, 6.45) is 0. The first-order valence-corrected chi connectivity index (χ1v) is 3.62. The number of rotatable bonds is 3. The fourth-order valence-electron chi connectivity index (χ4n) is 0.934. The molecule has 1 N–H and O–H groups in total. The lowest BCUT2D eigenvalue weighted by Gasteiger charge is -2.01. The standard InChI is InChI=1S/C9H13NO/c1-10-9-5-3-8(4-6-9)7-11-2/h3-6,10H,7H2,1-2H3. The highest BCUT2D eigenvalue weighted by atomic mass is 16.5. The number of ether oxygens (including phenoxy) is 1. The van der Waals surface area contributed by atoms with Crippen LogP contribution in [0, 0.1) is 0 Å². The Morgan fingerprint density at radius 1 is 1.27 bits per heavy atom. The number of methoxy groups -OCH3 is 1. The highest BCUT2D eigenvalue weighted by molar-refractivity contribution is 5.43. The molecule has 0 radical (unpaired) electrons. The summed E-state index contributed by atoms with van der Waals surface area (Å²) in [5, 5.41) is 3.06. The van der Waals surface area contributed by atoms with Crippen molar-refractivity contribution in [3.63, 3.8) is 0 Å². The van der Waals surface area contributed by atoms with E-state index < -0.39 is 0 Å². The highest BCUT2D eigenvalue weighted by Gasteiger charge is 1.90. The van der Waals surface area contributed by atoms with Gasteiger partial charge >= 0.3 is 0 Å². The van der Waals surface area contributed by atoms with Crippen LogP contribution in [0.15, 0.2) is 24.3 Å². The zero-order chi connectivity index (χ0) is 8.10. The molecular weight excluding hydrogens is 138 g/mol. The number of nitrogens with one attached hydrogen (secondary N) is 1. The summed E-state index contributed by atoms with van der Waals surface area (Å²) in [7, 11) is 3.61. The fraction of sp³-hybridized carbons (Fsp3) is 0.333. The number of hydrogen-bond donors (Lipinski definition) is 1. The molecule has 0 amide bonds. The summed E-state index contributed by atoms with van der Waals surface area (Å²) in [4.78, 5) is 0. The van der Waals surface area contributed by atoms with Crippen molar-refractivity contribution >= 4 is 5.69 Å². The number of anilines is 1. The van der Waals surface area contributed by atoms with Crippen molar-refractivity contribution in [3.05, 3.63) is 29.8 Å². The third-order valence-electron chi connectivity index (χ3n) is 1.55. The Kier molecular flexibility index (Phi) is 2.93. The van der Waals surface area contributed by atoms with Crippen LogP contribution < -0.4 is 5.32 Å². The average Bonchev–Trinajstić information content (AvgIpc) is 2.07. The van der Waals surface area contributed by atoms with E-state index in [2.05, 4.69) is 17.4 Å². The van der Waals surface area contributed by atoms with Crippen molar-refractivity contribution in [1.29, 1.82) is 0 Å². The van der Waals surface area contributed by atoms with Crippen molar-refractivity contribution < 1.29 is 4.74 Å². The molecule has 0 aliphatic rings. The highest BCUT2D eigenvalue weighted by Crippen LogP contribution is 2.08. The molecule has 0 bridgehead atoms. The molecular formula is C9H13NO. The normalized spacial score (nSPS) is 9.64. The third-order valence-corrected chi connectivity index (χ3v) is 1.55. The van der Waals surface area contributed by atoms with E-state index >= 15 is 0 Å². The SMILES string of the molecule is CNc1ccc(COC)cc1. The number of hydrogen-bond acceptors (Lipinski definition) is 2. The predicted molar refractivity (Wildman–Crippen MR) is 46.7 cm³/mol. The topological polar surface area (TPSA) is 21.3 Å². The van der Waals surface area contributed by atoms with E-state index in [4.69, 9.17) is 4.74 Å². The lowest BCUT2D eigenvalue weighted by atomic mass is 10.2. The first-order chi connectivity index (χ1) is 5.36. The fourth-order valence-corrected chi connectivity index (χ4v) is 0.934. The van der Waals surface area contributed by atoms with Gasteiger partial charge in [0.05, 0.1) is 6.61 Å². The lowest BCUT2D eigenvalue weighted by molar-refractivity contribution is 0.185. The molecule has 0 saturated carbocycles. The summed E-state index contributed by atoms with van der Waals surface area (Å²) in [6, 6.07) is 8.17. The second-order valence-corrected chi connectivity index (χ2v) is 2.38. The van der Waals surface area contributed by atoms with E-state index in [1.54, 1.807) is 7.11 Å². The predicted octanol–water partition coefficient (Wildman–Crippen LogP) is 1.87. The van der Waals surface area contributed by atoms with Crippen LogP contribution in [0.4, 0.5) is 5.69 Å². The number of benzene rings is 1.